The van der Waals surface area contributed by atoms with Crippen molar-refractivity contribution >= 4 is 33.3 Å². The highest BCUT2D eigenvalue weighted by molar-refractivity contribution is 9.10. The SMILES string of the molecule is CCN(Cc1ccoc1)C(=O)NCc1sccc1Br. The van der Waals surface area contributed by atoms with Crippen molar-refractivity contribution in [3.05, 3.63) is 45.0 Å². The van der Waals surface area contributed by atoms with Gasteiger partial charge in [-0.1, -0.05) is 0 Å². The highest BCUT2D eigenvalue weighted by atomic mass is 79.9. The smallest absolute Gasteiger partial charge is 0.317 e. The number of hydrogen-bond donors (Lipinski definition) is 1. The Morgan fingerprint density at radius 1 is 1.53 bits per heavy atom. The number of carbonyl (C=O) groups excluding carboxylic acids is 1. The molecular weight excluding hydrogens is 328 g/mol. The lowest BCUT2D eigenvalue weighted by Gasteiger charge is -2.20. The number of nitrogens with one attached hydrogen (secondary N) is 1. The van der Waals surface area contributed by atoms with E-state index in [1.54, 1.807) is 28.8 Å². The van der Waals surface area contributed by atoms with E-state index >= 15 is 0 Å². The summed E-state index contributed by atoms with van der Waals surface area (Å²) in [7, 11) is 0. The summed E-state index contributed by atoms with van der Waals surface area (Å²) < 4.78 is 6.05. The van der Waals surface area contributed by atoms with Crippen LogP contribution in [-0.2, 0) is 13.1 Å². The molecule has 0 unspecified atom stereocenters. The third-order valence-corrected chi connectivity index (χ3v) is 4.64. The number of hydrogen-bond acceptors (Lipinski definition) is 3. The highest BCUT2D eigenvalue weighted by Crippen LogP contribution is 2.22. The van der Waals surface area contributed by atoms with Gasteiger partial charge in [-0.3, -0.25) is 0 Å². The second-order valence-corrected chi connectivity index (χ2v) is 5.85. The minimum absolute atomic E-state index is 0.0657. The first-order chi connectivity index (χ1) is 9.20. The van der Waals surface area contributed by atoms with Gasteiger partial charge < -0.3 is 14.6 Å². The van der Waals surface area contributed by atoms with Crippen LogP contribution in [0.15, 0.2) is 38.9 Å². The largest absolute Gasteiger partial charge is 0.472 e. The predicted octanol–water partition coefficient (Wildman–Crippen LogP) is 3.84. The van der Waals surface area contributed by atoms with E-state index < -0.39 is 0 Å². The second-order valence-electron chi connectivity index (χ2n) is 4.00. The van der Waals surface area contributed by atoms with Crippen LogP contribution >= 0.6 is 27.3 Å². The van der Waals surface area contributed by atoms with Crippen molar-refractivity contribution in [2.45, 2.75) is 20.0 Å². The number of amides is 2. The van der Waals surface area contributed by atoms with Crippen molar-refractivity contribution in [1.82, 2.24) is 10.2 Å². The number of halogens is 1. The van der Waals surface area contributed by atoms with E-state index in [0.717, 1.165) is 14.9 Å². The number of thiophene rings is 1. The fourth-order valence-electron chi connectivity index (χ4n) is 1.65. The number of furan rings is 1. The summed E-state index contributed by atoms with van der Waals surface area (Å²) in [6, 6.07) is 3.78. The molecule has 2 rings (SSSR count). The van der Waals surface area contributed by atoms with E-state index in [-0.39, 0.29) is 6.03 Å². The Morgan fingerprint density at radius 3 is 2.95 bits per heavy atom. The van der Waals surface area contributed by atoms with Gasteiger partial charge >= 0.3 is 6.03 Å². The molecule has 0 radical (unpaired) electrons. The maximum atomic E-state index is 12.1. The van der Waals surface area contributed by atoms with Crippen LogP contribution in [0.4, 0.5) is 4.79 Å². The van der Waals surface area contributed by atoms with E-state index in [9.17, 15) is 4.79 Å². The van der Waals surface area contributed by atoms with Crippen molar-refractivity contribution in [3.8, 4) is 0 Å². The fourth-order valence-corrected chi connectivity index (χ4v) is 3.08. The van der Waals surface area contributed by atoms with Gasteiger partial charge in [0, 0.05) is 21.5 Å². The minimum Gasteiger partial charge on any atom is -0.472 e. The van der Waals surface area contributed by atoms with E-state index in [4.69, 9.17) is 4.42 Å². The molecule has 2 aromatic heterocycles. The summed E-state index contributed by atoms with van der Waals surface area (Å²) in [6.07, 6.45) is 3.27. The average molecular weight is 343 g/mol. The van der Waals surface area contributed by atoms with Crippen LogP contribution in [0.1, 0.15) is 17.4 Å². The van der Waals surface area contributed by atoms with Crippen LogP contribution in [0.25, 0.3) is 0 Å². The normalized spacial score (nSPS) is 10.4. The van der Waals surface area contributed by atoms with E-state index in [2.05, 4.69) is 21.2 Å². The molecule has 1 N–H and O–H groups in total. The first-order valence-corrected chi connectivity index (χ1v) is 7.63. The average Bonchev–Trinajstić information content (AvgIpc) is 3.04. The third kappa shape index (κ3) is 3.84. The van der Waals surface area contributed by atoms with Crippen LogP contribution in [-0.4, -0.2) is 17.5 Å². The molecule has 4 nitrogen and oxygen atoms in total. The molecule has 0 saturated carbocycles. The lowest BCUT2D eigenvalue weighted by molar-refractivity contribution is 0.197. The molecule has 102 valence electrons. The molecule has 0 aromatic carbocycles. The maximum absolute atomic E-state index is 12.1. The standard InChI is InChI=1S/C13H15BrN2O2S/c1-2-16(8-10-3-5-18-9-10)13(17)15-7-12-11(14)4-6-19-12/h3-6,9H,2,7-8H2,1H3,(H,15,17). The first kappa shape index (κ1) is 14.1. The lowest BCUT2D eigenvalue weighted by atomic mass is 10.3. The molecule has 2 amide bonds. The minimum atomic E-state index is -0.0657. The highest BCUT2D eigenvalue weighted by Gasteiger charge is 2.13. The molecule has 0 aliphatic carbocycles. The van der Waals surface area contributed by atoms with Crippen LogP contribution in [0, 0.1) is 0 Å². The predicted molar refractivity (Wildman–Crippen MR) is 79.0 cm³/mol. The molecule has 0 fully saturated rings. The van der Waals surface area contributed by atoms with Gasteiger partial charge in [-0.25, -0.2) is 4.79 Å². The molecule has 0 spiro atoms. The molecule has 2 aromatic rings. The number of nitrogens with zero attached hydrogens (tertiary/aromatic N) is 1. The molecule has 0 atom stereocenters. The maximum Gasteiger partial charge on any atom is 0.317 e. The van der Waals surface area contributed by atoms with Gasteiger partial charge in [-0.15, -0.1) is 11.3 Å². The van der Waals surface area contributed by atoms with Crippen LogP contribution < -0.4 is 5.32 Å². The molecule has 0 aliphatic rings. The molecule has 0 aliphatic heterocycles. The monoisotopic (exact) mass is 342 g/mol. The van der Waals surface area contributed by atoms with Crippen molar-refractivity contribution < 1.29 is 9.21 Å². The van der Waals surface area contributed by atoms with Crippen molar-refractivity contribution in [2.24, 2.45) is 0 Å². The Bertz CT molecular complexity index is 524. The van der Waals surface area contributed by atoms with Crippen LogP contribution in [0.3, 0.4) is 0 Å². The summed E-state index contributed by atoms with van der Waals surface area (Å²) >= 11 is 5.07. The second kappa shape index (κ2) is 6.77. The van der Waals surface area contributed by atoms with Gasteiger partial charge in [0.05, 0.1) is 25.6 Å². The van der Waals surface area contributed by atoms with E-state index in [1.807, 2.05) is 24.4 Å². The fraction of sp³-hybridized carbons (Fsp3) is 0.308. The summed E-state index contributed by atoms with van der Waals surface area (Å²) in [5.74, 6) is 0. The molecule has 19 heavy (non-hydrogen) atoms. The third-order valence-electron chi connectivity index (χ3n) is 2.71. The van der Waals surface area contributed by atoms with Gasteiger partial charge in [0.2, 0.25) is 0 Å². The van der Waals surface area contributed by atoms with Gasteiger partial charge in [0.1, 0.15) is 0 Å². The zero-order valence-corrected chi connectivity index (χ0v) is 13.0. The van der Waals surface area contributed by atoms with Crippen molar-refractivity contribution in [1.29, 1.82) is 0 Å². The molecule has 0 bridgehead atoms. The van der Waals surface area contributed by atoms with Crippen LogP contribution in [0.2, 0.25) is 0 Å². The summed E-state index contributed by atoms with van der Waals surface area (Å²) in [4.78, 5) is 14.9. The number of urea groups is 1. The topological polar surface area (TPSA) is 45.5 Å². The summed E-state index contributed by atoms with van der Waals surface area (Å²) in [5.41, 5.74) is 0.995. The zero-order chi connectivity index (χ0) is 13.7. The Kier molecular flexibility index (Phi) is 5.04. The Morgan fingerprint density at radius 2 is 2.37 bits per heavy atom. The van der Waals surface area contributed by atoms with E-state index in [1.165, 1.54) is 0 Å². The quantitative estimate of drug-likeness (QED) is 0.897. The zero-order valence-electron chi connectivity index (χ0n) is 10.6. The number of carbonyl (C=O) groups is 1. The first-order valence-electron chi connectivity index (χ1n) is 5.96. The van der Waals surface area contributed by atoms with Gasteiger partial charge in [-0.2, -0.15) is 0 Å². The van der Waals surface area contributed by atoms with E-state index in [0.29, 0.717) is 19.6 Å². The summed E-state index contributed by atoms with van der Waals surface area (Å²) in [5, 5.41) is 4.92. The van der Waals surface area contributed by atoms with Crippen molar-refractivity contribution in [2.75, 3.05) is 6.54 Å². The Balaban J connectivity index is 1.88. The Labute approximate surface area is 124 Å². The number of rotatable bonds is 5. The summed E-state index contributed by atoms with van der Waals surface area (Å²) in [6.45, 7) is 3.72. The molecule has 2 heterocycles. The van der Waals surface area contributed by atoms with Gasteiger partial charge in [0.25, 0.3) is 0 Å². The van der Waals surface area contributed by atoms with Gasteiger partial charge in [0.15, 0.2) is 0 Å². The lowest BCUT2D eigenvalue weighted by Crippen LogP contribution is -2.38. The molecule has 6 heteroatoms. The van der Waals surface area contributed by atoms with Crippen LogP contribution in [0.5, 0.6) is 0 Å². The van der Waals surface area contributed by atoms with Crippen molar-refractivity contribution in [3.63, 3.8) is 0 Å². The van der Waals surface area contributed by atoms with Gasteiger partial charge in [-0.05, 0) is 40.4 Å². The molecule has 0 saturated heterocycles. The molecular formula is C13H15BrN2O2S. The Hall–Kier alpha value is -1.27.